The number of hydrogen-bond acceptors (Lipinski definition) is 6. The van der Waals surface area contributed by atoms with E-state index in [4.69, 9.17) is 9.47 Å². The summed E-state index contributed by atoms with van der Waals surface area (Å²) in [5, 5.41) is 2.10. The maximum atomic E-state index is 12.6. The molecular formula is C26H28N2O5S. The van der Waals surface area contributed by atoms with Crippen LogP contribution in [0.5, 0.6) is 5.75 Å². The largest absolute Gasteiger partial charge is 0.497 e. The van der Waals surface area contributed by atoms with Crippen LogP contribution in [0.1, 0.15) is 15.9 Å². The van der Waals surface area contributed by atoms with E-state index >= 15 is 0 Å². The number of benzene rings is 3. The number of likely N-dealkylation sites (N-methyl/N-ethyl adjacent to an activating group) is 1. The number of rotatable bonds is 9. The minimum Gasteiger partial charge on any atom is -0.497 e. The molecule has 0 aliphatic carbocycles. The first-order valence-electron chi connectivity index (χ1n) is 10.7. The minimum atomic E-state index is -0.596. The second-order valence-electron chi connectivity index (χ2n) is 7.95. The van der Waals surface area contributed by atoms with E-state index in [0.29, 0.717) is 17.0 Å². The van der Waals surface area contributed by atoms with Crippen LogP contribution in [-0.2, 0) is 20.9 Å². The number of carbonyl (C=O) groups is 3. The molecule has 0 saturated carbocycles. The van der Waals surface area contributed by atoms with Crippen molar-refractivity contribution >= 4 is 40.3 Å². The van der Waals surface area contributed by atoms with Crippen LogP contribution >= 0.6 is 11.8 Å². The van der Waals surface area contributed by atoms with Crippen LogP contribution in [0.3, 0.4) is 0 Å². The molecule has 3 rings (SSSR count). The highest BCUT2D eigenvalue weighted by Crippen LogP contribution is 2.24. The lowest BCUT2D eigenvalue weighted by Gasteiger charge is -2.18. The van der Waals surface area contributed by atoms with Gasteiger partial charge >= 0.3 is 5.97 Å². The van der Waals surface area contributed by atoms with Crippen molar-refractivity contribution in [3.8, 4) is 5.75 Å². The zero-order valence-corrected chi connectivity index (χ0v) is 20.6. The second kappa shape index (κ2) is 11.6. The molecule has 0 fully saturated rings. The van der Waals surface area contributed by atoms with E-state index in [1.165, 1.54) is 21.6 Å². The van der Waals surface area contributed by atoms with Gasteiger partial charge in [-0.05, 0) is 46.7 Å². The van der Waals surface area contributed by atoms with E-state index < -0.39 is 5.97 Å². The van der Waals surface area contributed by atoms with Crippen molar-refractivity contribution in [1.29, 1.82) is 0 Å². The summed E-state index contributed by atoms with van der Waals surface area (Å²) in [6.07, 6.45) is 0. The highest BCUT2D eigenvalue weighted by molar-refractivity contribution is 8.00. The van der Waals surface area contributed by atoms with Gasteiger partial charge in [0.25, 0.3) is 5.91 Å². The molecule has 7 nitrogen and oxygen atoms in total. The van der Waals surface area contributed by atoms with E-state index in [-0.39, 0.29) is 24.2 Å². The molecule has 2 amide bonds. The summed E-state index contributed by atoms with van der Waals surface area (Å²) in [6, 6.07) is 18.7. The van der Waals surface area contributed by atoms with E-state index in [2.05, 4.69) is 0 Å². The molecule has 0 bridgehead atoms. The summed E-state index contributed by atoms with van der Waals surface area (Å²) in [5.41, 5.74) is 1.30. The zero-order chi connectivity index (χ0) is 24.7. The summed E-state index contributed by atoms with van der Waals surface area (Å²) in [4.78, 5) is 40.7. The van der Waals surface area contributed by atoms with Gasteiger partial charge in [-0.2, -0.15) is 0 Å². The Morgan fingerprint density at radius 1 is 0.882 bits per heavy atom. The highest BCUT2D eigenvalue weighted by Gasteiger charge is 2.17. The van der Waals surface area contributed by atoms with Gasteiger partial charge < -0.3 is 19.3 Å². The van der Waals surface area contributed by atoms with Crippen LogP contribution in [0.25, 0.3) is 10.8 Å². The van der Waals surface area contributed by atoms with Crippen molar-refractivity contribution < 1.29 is 23.9 Å². The Kier molecular flexibility index (Phi) is 8.54. The van der Waals surface area contributed by atoms with E-state index in [1.54, 1.807) is 52.5 Å². The van der Waals surface area contributed by atoms with Crippen LogP contribution < -0.4 is 4.74 Å². The lowest BCUT2D eigenvalue weighted by molar-refractivity contribution is -0.133. The maximum absolute atomic E-state index is 12.6. The average Bonchev–Trinajstić information content (AvgIpc) is 2.85. The molecule has 0 N–H and O–H groups in total. The SMILES string of the molecule is COc1ccc2cc(CN(C)C(=O)COC(=O)c3ccccc3SCC(=O)N(C)C)ccc2c1. The van der Waals surface area contributed by atoms with Gasteiger partial charge in [0, 0.05) is 32.6 Å². The topological polar surface area (TPSA) is 76.1 Å². The van der Waals surface area contributed by atoms with Crippen LogP contribution in [0, 0.1) is 0 Å². The number of methoxy groups -OCH3 is 1. The molecule has 0 aliphatic heterocycles. The van der Waals surface area contributed by atoms with Crippen molar-refractivity contribution in [3.63, 3.8) is 0 Å². The molecule has 3 aromatic carbocycles. The smallest absolute Gasteiger partial charge is 0.339 e. The van der Waals surface area contributed by atoms with Gasteiger partial charge in [0.1, 0.15) is 5.75 Å². The Hall–Kier alpha value is -3.52. The molecule has 3 aromatic rings. The predicted molar refractivity (Wildman–Crippen MR) is 133 cm³/mol. The molecule has 0 aliphatic rings. The molecule has 178 valence electrons. The monoisotopic (exact) mass is 480 g/mol. The third-order valence-electron chi connectivity index (χ3n) is 5.24. The van der Waals surface area contributed by atoms with Gasteiger partial charge in [-0.3, -0.25) is 9.59 Å². The van der Waals surface area contributed by atoms with Crippen molar-refractivity contribution in [3.05, 3.63) is 71.8 Å². The Labute approximate surface area is 203 Å². The van der Waals surface area contributed by atoms with Crippen LogP contribution in [0.15, 0.2) is 65.6 Å². The molecule has 0 saturated heterocycles. The zero-order valence-electron chi connectivity index (χ0n) is 19.7. The van der Waals surface area contributed by atoms with Gasteiger partial charge in [-0.1, -0.05) is 30.3 Å². The number of hydrogen-bond donors (Lipinski definition) is 0. The Morgan fingerprint density at radius 2 is 1.59 bits per heavy atom. The first kappa shape index (κ1) is 25.1. The number of amides is 2. The first-order chi connectivity index (χ1) is 16.3. The first-order valence-corrected chi connectivity index (χ1v) is 11.7. The van der Waals surface area contributed by atoms with Crippen molar-refractivity contribution in [2.45, 2.75) is 11.4 Å². The predicted octanol–water partition coefficient (Wildman–Crippen LogP) is 3.84. The summed E-state index contributed by atoms with van der Waals surface area (Å²) in [7, 11) is 6.66. The molecule has 0 atom stereocenters. The van der Waals surface area contributed by atoms with Crippen molar-refractivity contribution in [2.24, 2.45) is 0 Å². The number of carbonyl (C=O) groups excluding carboxylic acids is 3. The molecule has 0 aromatic heterocycles. The van der Waals surface area contributed by atoms with E-state index in [9.17, 15) is 14.4 Å². The van der Waals surface area contributed by atoms with E-state index in [1.807, 2.05) is 36.4 Å². The van der Waals surface area contributed by atoms with Crippen molar-refractivity contribution in [2.75, 3.05) is 40.6 Å². The molecule has 0 radical (unpaired) electrons. The Morgan fingerprint density at radius 3 is 2.32 bits per heavy atom. The number of thioether (sulfide) groups is 1. The summed E-state index contributed by atoms with van der Waals surface area (Å²) in [6.45, 7) is 0.0210. The normalized spacial score (nSPS) is 10.6. The fourth-order valence-electron chi connectivity index (χ4n) is 3.21. The summed E-state index contributed by atoms with van der Waals surface area (Å²) in [5.74, 6) is 0.0339. The van der Waals surface area contributed by atoms with Gasteiger partial charge in [-0.15, -0.1) is 11.8 Å². The van der Waals surface area contributed by atoms with Crippen LogP contribution in [0.2, 0.25) is 0 Å². The molecule has 0 spiro atoms. The van der Waals surface area contributed by atoms with Gasteiger partial charge in [0.15, 0.2) is 6.61 Å². The van der Waals surface area contributed by atoms with Gasteiger partial charge in [0.2, 0.25) is 5.91 Å². The fraction of sp³-hybridized carbons (Fsp3) is 0.269. The highest BCUT2D eigenvalue weighted by atomic mass is 32.2. The van der Waals surface area contributed by atoms with E-state index in [0.717, 1.165) is 22.1 Å². The average molecular weight is 481 g/mol. The van der Waals surface area contributed by atoms with Crippen LogP contribution in [0.4, 0.5) is 0 Å². The number of nitrogens with zero attached hydrogens (tertiary/aromatic N) is 2. The molecular weight excluding hydrogens is 452 g/mol. The van der Waals surface area contributed by atoms with Crippen LogP contribution in [-0.4, -0.2) is 68.2 Å². The van der Waals surface area contributed by atoms with Gasteiger partial charge in [-0.25, -0.2) is 4.79 Å². The number of esters is 1. The maximum Gasteiger partial charge on any atom is 0.339 e. The van der Waals surface area contributed by atoms with Gasteiger partial charge in [0.05, 0.1) is 18.4 Å². The lowest BCUT2D eigenvalue weighted by atomic mass is 10.1. The second-order valence-corrected chi connectivity index (χ2v) is 8.96. The number of fused-ring (bicyclic) bond motifs is 1. The summed E-state index contributed by atoms with van der Waals surface area (Å²) >= 11 is 1.26. The quantitative estimate of drug-likeness (QED) is 0.342. The molecule has 34 heavy (non-hydrogen) atoms. The molecule has 8 heteroatoms. The third kappa shape index (κ3) is 6.51. The lowest BCUT2D eigenvalue weighted by Crippen LogP contribution is -2.30. The standard InChI is InChI=1S/C26H28N2O5S/c1-27(2)25(30)17-34-23-8-6-5-7-22(23)26(31)33-16-24(29)28(3)15-18-9-10-20-14-21(32-4)12-11-19(20)13-18/h5-14H,15-17H2,1-4H3. The third-order valence-corrected chi connectivity index (χ3v) is 6.30. The minimum absolute atomic E-state index is 0.0576. The summed E-state index contributed by atoms with van der Waals surface area (Å²) < 4.78 is 10.5. The Balaban J connectivity index is 1.57. The Bertz CT molecular complexity index is 1190. The number of ether oxygens (including phenoxy) is 2. The fourth-order valence-corrected chi connectivity index (χ4v) is 4.22. The molecule has 0 heterocycles. The van der Waals surface area contributed by atoms with Crippen molar-refractivity contribution in [1.82, 2.24) is 9.80 Å². The molecule has 0 unspecified atom stereocenters.